The minimum atomic E-state index is -0.0558. The van der Waals surface area contributed by atoms with E-state index in [2.05, 4.69) is 30.6 Å². The number of aromatic amines is 1. The summed E-state index contributed by atoms with van der Waals surface area (Å²) in [6.07, 6.45) is 1.96. The first-order chi connectivity index (χ1) is 10.5. The zero-order valence-corrected chi connectivity index (χ0v) is 13.0. The first-order valence-electron chi connectivity index (χ1n) is 7.40. The normalized spacial score (nSPS) is 18.8. The Morgan fingerprint density at radius 3 is 2.91 bits per heavy atom. The highest BCUT2D eigenvalue weighted by atomic mass is 16.5. The average Bonchev–Trinajstić information content (AvgIpc) is 3.16. The van der Waals surface area contributed by atoms with Gasteiger partial charge in [-0.15, -0.1) is 0 Å². The molecular formula is C14H20N6O2. The van der Waals surface area contributed by atoms with Crippen molar-refractivity contribution >= 4 is 11.6 Å². The molecule has 2 aromatic rings. The molecule has 1 aliphatic rings. The monoisotopic (exact) mass is 304 g/mol. The number of amides is 1. The topological polar surface area (TPSA) is 99.9 Å². The number of likely N-dealkylation sites (tertiary alicyclic amines) is 1. The largest absolute Gasteiger partial charge is 0.340 e. The van der Waals surface area contributed by atoms with Gasteiger partial charge in [0.1, 0.15) is 0 Å². The minimum Gasteiger partial charge on any atom is -0.340 e. The predicted molar refractivity (Wildman–Crippen MR) is 79.3 cm³/mol. The molecule has 1 saturated heterocycles. The van der Waals surface area contributed by atoms with Crippen molar-refractivity contribution in [1.29, 1.82) is 0 Å². The number of rotatable bonds is 4. The summed E-state index contributed by atoms with van der Waals surface area (Å²) in [7, 11) is 0. The molecule has 22 heavy (non-hydrogen) atoms. The van der Waals surface area contributed by atoms with Crippen LogP contribution in [-0.2, 0) is 4.79 Å². The van der Waals surface area contributed by atoms with Gasteiger partial charge in [0.05, 0.1) is 29.7 Å². The zero-order valence-electron chi connectivity index (χ0n) is 13.0. The Hall–Kier alpha value is -2.22. The van der Waals surface area contributed by atoms with Gasteiger partial charge in [-0.1, -0.05) is 5.16 Å². The van der Waals surface area contributed by atoms with Crippen LogP contribution in [0, 0.1) is 20.8 Å². The molecule has 0 bridgehead atoms. The third-order valence-electron chi connectivity index (χ3n) is 3.94. The number of carbonyl (C=O) groups is 1. The number of hydrogen-bond acceptors (Lipinski definition) is 6. The highest BCUT2D eigenvalue weighted by Gasteiger charge is 2.31. The van der Waals surface area contributed by atoms with Gasteiger partial charge in [-0.3, -0.25) is 14.8 Å². The van der Waals surface area contributed by atoms with E-state index in [0.717, 1.165) is 36.5 Å². The Morgan fingerprint density at radius 2 is 2.27 bits per heavy atom. The second kappa shape index (κ2) is 5.88. The lowest BCUT2D eigenvalue weighted by atomic mass is 10.2. The molecule has 1 aliphatic heterocycles. The predicted octanol–water partition coefficient (Wildman–Crippen LogP) is 1.49. The van der Waals surface area contributed by atoms with E-state index in [-0.39, 0.29) is 11.9 Å². The third kappa shape index (κ3) is 2.87. The standard InChI is InChI=1S/C14H20N6O2/c1-8-13(9(2)18-17-8)16-12(21)7-20-6-4-5-11(20)14-15-10(3)22-19-14/h11H,4-7H2,1-3H3,(H,16,21)(H,17,18)/t11-/m1/s1. The lowest BCUT2D eigenvalue weighted by Gasteiger charge is -2.21. The van der Waals surface area contributed by atoms with Crippen LogP contribution in [0.2, 0.25) is 0 Å². The molecule has 0 saturated carbocycles. The van der Waals surface area contributed by atoms with Gasteiger partial charge in [0.2, 0.25) is 11.8 Å². The molecule has 8 heteroatoms. The van der Waals surface area contributed by atoms with Crippen LogP contribution in [-0.4, -0.2) is 44.2 Å². The highest BCUT2D eigenvalue weighted by Crippen LogP contribution is 2.29. The molecule has 1 atom stereocenters. The first kappa shape index (κ1) is 14.7. The van der Waals surface area contributed by atoms with Crippen molar-refractivity contribution in [3.8, 4) is 0 Å². The van der Waals surface area contributed by atoms with Crippen molar-refractivity contribution in [2.45, 2.75) is 39.7 Å². The maximum Gasteiger partial charge on any atom is 0.238 e. The quantitative estimate of drug-likeness (QED) is 0.887. The SMILES string of the molecule is Cc1nc([C@H]2CCCN2CC(=O)Nc2c(C)n[nH]c2C)no1. The van der Waals surface area contributed by atoms with Gasteiger partial charge in [0.15, 0.2) is 5.82 Å². The lowest BCUT2D eigenvalue weighted by molar-refractivity contribution is -0.117. The molecular weight excluding hydrogens is 284 g/mol. The third-order valence-corrected chi connectivity index (χ3v) is 3.94. The fourth-order valence-corrected chi connectivity index (χ4v) is 2.86. The Balaban J connectivity index is 1.65. The first-order valence-corrected chi connectivity index (χ1v) is 7.40. The fourth-order valence-electron chi connectivity index (χ4n) is 2.86. The number of aryl methyl sites for hydroxylation is 3. The van der Waals surface area contributed by atoms with Crippen molar-refractivity contribution in [2.75, 3.05) is 18.4 Å². The van der Waals surface area contributed by atoms with Crippen LogP contribution < -0.4 is 5.32 Å². The van der Waals surface area contributed by atoms with E-state index in [1.165, 1.54) is 0 Å². The Morgan fingerprint density at radius 1 is 1.45 bits per heavy atom. The highest BCUT2D eigenvalue weighted by molar-refractivity contribution is 5.93. The molecule has 0 radical (unpaired) electrons. The molecule has 2 N–H and O–H groups in total. The molecule has 0 aromatic carbocycles. The van der Waals surface area contributed by atoms with Crippen molar-refractivity contribution in [2.24, 2.45) is 0 Å². The molecule has 3 heterocycles. The number of nitrogens with zero attached hydrogens (tertiary/aromatic N) is 4. The van der Waals surface area contributed by atoms with Gasteiger partial charge >= 0.3 is 0 Å². The molecule has 2 aromatic heterocycles. The van der Waals surface area contributed by atoms with Crippen molar-refractivity contribution in [3.63, 3.8) is 0 Å². The molecule has 0 unspecified atom stereocenters. The maximum absolute atomic E-state index is 12.3. The number of carbonyl (C=O) groups excluding carboxylic acids is 1. The van der Waals surface area contributed by atoms with Crippen LogP contribution in [0.25, 0.3) is 0 Å². The van der Waals surface area contributed by atoms with Crippen LogP contribution >= 0.6 is 0 Å². The Labute approximate surface area is 128 Å². The lowest BCUT2D eigenvalue weighted by Crippen LogP contribution is -2.33. The maximum atomic E-state index is 12.3. The van der Waals surface area contributed by atoms with Crippen LogP contribution in [0.4, 0.5) is 5.69 Å². The molecule has 3 rings (SSSR count). The van der Waals surface area contributed by atoms with E-state index in [9.17, 15) is 4.79 Å². The van der Waals surface area contributed by atoms with Gasteiger partial charge < -0.3 is 9.84 Å². The summed E-state index contributed by atoms with van der Waals surface area (Å²) >= 11 is 0. The van der Waals surface area contributed by atoms with Crippen LogP contribution in [0.5, 0.6) is 0 Å². The van der Waals surface area contributed by atoms with E-state index in [4.69, 9.17) is 4.52 Å². The summed E-state index contributed by atoms with van der Waals surface area (Å²) in [5.41, 5.74) is 2.41. The summed E-state index contributed by atoms with van der Waals surface area (Å²) in [5.74, 6) is 1.16. The summed E-state index contributed by atoms with van der Waals surface area (Å²) in [4.78, 5) is 18.7. The van der Waals surface area contributed by atoms with Gasteiger partial charge in [-0.2, -0.15) is 10.1 Å². The molecule has 1 fully saturated rings. The van der Waals surface area contributed by atoms with E-state index in [1.54, 1.807) is 6.92 Å². The number of nitrogens with one attached hydrogen (secondary N) is 2. The number of anilines is 1. The molecule has 0 aliphatic carbocycles. The second-order valence-electron chi connectivity index (χ2n) is 5.66. The number of hydrogen-bond donors (Lipinski definition) is 2. The smallest absolute Gasteiger partial charge is 0.238 e. The number of H-pyrrole nitrogens is 1. The van der Waals surface area contributed by atoms with Gasteiger partial charge in [-0.25, -0.2) is 0 Å². The summed E-state index contributed by atoms with van der Waals surface area (Å²) in [5, 5.41) is 13.9. The van der Waals surface area contributed by atoms with E-state index in [1.807, 2.05) is 13.8 Å². The average molecular weight is 304 g/mol. The van der Waals surface area contributed by atoms with Gasteiger partial charge in [0, 0.05) is 6.92 Å². The van der Waals surface area contributed by atoms with Crippen molar-refractivity contribution in [1.82, 2.24) is 25.2 Å². The molecule has 118 valence electrons. The van der Waals surface area contributed by atoms with Gasteiger partial charge in [0.25, 0.3) is 0 Å². The van der Waals surface area contributed by atoms with Crippen LogP contribution in [0.3, 0.4) is 0 Å². The fraction of sp³-hybridized carbons (Fsp3) is 0.571. The number of aromatic nitrogens is 4. The zero-order chi connectivity index (χ0) is 15.7. The van der Waals surface area contributed by atoms with Crippen molar-refractivity contribution < 1.29 is 9.32 Å². The Kier molecular flexibility index (Phi) is 3.93. The van der Waals surface area contributed by atoms with Gasteiger partial charge in [-0.05, 0) is 33.2 Å². The molecule has 8 nitrogen and oxygen atoms in total. The van der Waals surface area contributed by atoms with Crippen molar-refractivity contribution in [3.05, 3.63) is 23.1 Å². The summed E-state index contributed by atoms with van der Waals surface area (Å²) in [6, 6.07) is 0.0507. The molecule has 1 amide bonds. The second-order valence-corrected chi connectivity index (χ2v) is 5.66. The van der Waals surface area contributed by atoms with Crippen LogP contribution in [0.15, 0.2) is 4.52 Å². The summed E-state index contributed by atoms with van der Waals surface area (Å²) in [6.45, 7) is 6.68. The minimum absolute atomic E-state index is 0.0507. The van der Waals surface area contributed by atoms with E-state index in [0.29, 0.717) is 18.3 Å². The summed E-state index contributed by atoms with van der Waals surface area (Å²) < 4.78 is 5.05. The van der Waals surface area contributed by atoms with E-state index < -0.39 is 0 Å². The Bertz CT molecular complexity index is 657. The van der Waals surface area contributed by atoms with Crippen LogP contribution in [0.1, 0.15) is 42.0 Å². The van der Waals surface area contributed by atoms with E-state index >= 15 is 0 Å². The molecule has 0 spiro atoms.